The highest BCUT2D eigenvalue weighted by atomic mass is 19.1. The number of hydrogen-bond donors (Lipinski definition) is 1. The second-order valence-electron chi connectivity index (χ2n) is 5.61. The third-order valence-corrected chi connectivity index (χ3v) is 3.17. The lowest BCUT2D eigenvalue weighted by Crippen LogP contribution is -2.21. The maximum absolute atomic E-state index is 13.6. The van der Waals surface area contributed by atoms with Gasteiger partial charge in [0.15, 0.2) is 0 Å². The van der Waals surface area contributed by atoms with E-state index in [1.165, 1.54) is 17.7 Å². The van der Waals surface area contributed by atoms with Gasteiger partial charge in [-0.1, -0.05) is 43.7 Å². The van der Waals surface area contributed by atoms with Crippen LogP contribution in [0.4, 0.5) is 4.39 Å². The highest BCUT2D eigenvalue weighted by molar-refractivity contribution is 5.30. The standard InChI is InChI=1S/C18H22FNO/c1-13(2)20-11-16-8-17(19)10-18(9-16)21-12-15-6-4-14(3)5-7-15/h4-10,13,20H,11-12H2,1-3H3. The molecule has 0 atom stereocenters. The van der Waals surface area contributed by atoms with Crippen molar-refractivity contribution in [3.05, 3.63) is 65.0 Å². The molecule has 0 aliphatic rings. The maximum atomic E-state index is 13.6. The molecule has 0 aromatic heterocycles. The Labute approximate surface area is 126 Å². The predicted octanol–water partition coefficient (Wildman–Crippen LogP) is 4.21. The van der Waals surface area contributed by atoms with Gasteiger partial charge in [-0.3, -0.25) is 0 Å². The highest BCUT2D eigenvalue weighted by Crippen LogP contribution is 2.18. The summed E-state index contributed by atoms with van der Waals surface area (Å²) in [7, 11) is 0. The lowest BCUT2D eigenvalue weighted by atomic mass is 10.1. The number of halogens is 1. The summed E-state index contributed by atoms with van der Waals surface area (Å²) >= 11 is 0. The molecule has 0 unspecified atom stereocenters. The molecule has 21 heavy (non-hydrogen) atoms. The Hall–Kier alpha value is -1.87. The first-order chi connectivity index (χ1) is 10.0. The van der Waals surface area contributed by atoms with Crippen LogP contribution < -0.4 is 10.1 Å². The fourth-order valence-electron chi connectivity index (χ4n) is 1.98. The minimum atomic E-state index is -0.267. The molecule has 0 aliphatic heterocycles. The molecule has 2 aromatic rings. The van der Waals surface area contributed by atoms with Crippen molar-refractivity contribution in [3.8, 4) is 5.75 Å². The third kappa shape index (κ3) is 5.20. The third-order valence-electron chi connectivity index (χ3n) is 3.17. The Morgan fingerprint density at radius 3 is 2.43 bits per heavy atom. The molecular formula is C18H22FNO. The number of nitrogens with one attached hydrogen (secondary N) is 1. The van der Waals surface area contributed by atoms with Gasteiger partial charge in [0.2, 0.25) is 0 Å². The van der Waals surface area contributed by atoms with Crippen molar-refractivity contribution in [2.75, 3.05) is 0 Å². The first kappa shape index (κ1) is 15.5. The normalized spacial score (nSPS) is 10.9. The van der Waals surface area contributed by atoms with Gasteiger partial charge in [0.05, 0.1) is 0 Å². The Morgan fingerprint density at radius 1 is 1.05 bits per heavy atom. The molecule has 0 radical (unpaired) electrons. The summed E-state index contributed by atoms with van der Waals surface area (Å²) in [5.41, 5.74) is 3.18. The van der Waals surface area contributed by atoms with E-state index in [1.807, 2.05) is 37.3 Å². The van der Waals surface area contributed by atoms with Gasteiger partial charge < -0.3 is 10.1 Å². The Morgan fingerprint density at radius 2 is 1.76 bits per heavy atom. The van der Waals surface area contributed by atoms with Crippen LogP contribution in [-0.4, -0.2) is 6.04 Å². The van der Waals surface area contributed by atoms with Crippen molar-refractivity contribution in [2.45, 2.75) is 40.0 Å². The second kappa shape index (κ2) is 7.23. The van der Waals surface area contributed by atoms with E-state index in [-0.39, 0.29) is 5.82 Å². The van der Waals surface area contributed by atoms with Gasteiger partial charge in [-0.05, 0) is 30.2 Å². The summed E-state index contributed by atoms with van der Waals surface area (Å²) in [6, 6.07) is 13.3. The van der Waals surface area contributed by atoms with Gasteiger partial charge in [0.25, 0.3) is 0 Å². The Balaban J connectivity index is 2.00. The molecule has 2 aromatic carbocycles. The van der Waals surface area contributed by atoms with Crippen LogP contribution in [0.3, 0.4) is 0 Å². The van der Waals surface area contributed by atoms with Crippen molar-refractivity contribution < 1.29 is 9.13 Å². The SMILES string of the molecule is Cc1ccc(COc2cc(F)cc(CNC(C)C)c2)cc1. The topological polar surface area (TPSA) is 21.3 Å². The quantitative estimate of drug-likeness (QED) is 0.859. The van der Waals surface area contributed by atoms with Crippen LogP contribution in [0.15, 0.2) is 42.5 Å². The summed E-state index contributed by atoms with van der Waals surface area (Å²) < 4.78 is 19.3. The average Bonchev–Trinajstić information content (AvgIpc) is 2.44. The van der Waals surface area contributed by atoms with Crippen molar-refractivity contribution in [1.29, 1.82) is 0 Å². The first-order valence-electron chi connectivity index (χ1n) is 7.24. The summed E-state index contributed by atoms with van der Waals surface area (Å²) in [5.74, 6) is 0.299. The van der Waals surface area contributed by atoms with Gasteiger partial charge in [-0.25, -0.2) is 4.39 Å². The molecule has 0 saturated carbocycles. The fraction of sp³-hybridized carbons (Fsp3) is 0.333. The molecule has 2 nitrogen and oxygen atoms in total. The average molecular weight is 287 g/mol. The van der Waals surface area contributed by atoms with Crippen LogP contribution in [0.5, 0.6) is 5.75 Å². The number of hydrogen-bond acceptors (Lipinski definition) is 2. The van der Waals surface area contributed by atoms with Crippen LogP contribution in [0, 0.1) is 12.7 Å². The first-order valence-corrected chi connectivity index (χ1v) is 7.24. The van der Waals surface area contributed by atoms with Crippen molar-refractivity contribution in [2.24, 2.45) is 0 Å². The Bertz CT molecular complexity index is 578. The maximum Gasteiger partial charge on any atom is 0.127 e. The summed E-state index contributed by atoms with van der Waals surface area (Å²) in [6.45, 7) is 7.25. The summed E-state index contributed by atoms with van der Waals surface area (Å²) in [5, 5.41) is 3.27. The van der Waals surface area contributed by atoms with Gasteiger partial charge in [-0.2, -0.15) is 0 Å². The van der Waals surface area contributed by atoms with E-state index in [1.54, 1.807) is 0 Å². The van der Waals surface area contributed by atoms with E-state index in [0.717, 1.165) is 11.1 Å². The number of ether oxygens (including phenoxy) is 1. The lowest BCUT2D eigenvalue weighted by molar-refractivity contribution is 0.304. The van der Waals surface area contributed by atoms with Crippen LogP contribution in [0.25, 0.3) is 0 Å². The molecular weight excluding hydrogens is 265 g/mol. The van der Waals surface area contributed by atoms with Gasteiger partial charge in [0.1, 0.15) is 18.2 Å². The van der Waals surface area contributed by atoms with Crippen LogP contribution >= 0.6 is 0 Å². The van der Waals surface area contributed by atoms with E-state index in [2.05, 4.69) is 19.2 Å². The lowest BCUT2D eigenvalue weighted by Gasteiger charge is -2.11. The fourth-order valence-corrected chi connectivity index (χ4v) is 1.98. The highest BCUT2D eigenvalue weighted by Gasteiger charge is 2.03. The minimum absolute atomic E-state index is 0.267. The van der Waals surface area contributed by atoms with Crippen molar-refractivity contribution in [3.63, 3.8) is 0 Å². The van der Waals surface area contributed by atoms with E-state index >= 15 is 0 Å². The zero-order valence-electron chi connectivity index (χ0n) is 12.8. The molecule has 0 spiro atoms. The van der Waals surface area contributed by atoms with E-state index in [9.17, 15) is 4.39 Å². The molecule has 3 heteroatoms. The smallest absolute Gasteiger partial charge is 0.127 e. The monoisotopic (exact) mass is 287 g/mol. The van der Waals surface area contributed by atoms with Gasteiger partial charge in [0, 0.05) is 18.7 Å². The minimum Gasteiger partial charge on any atom is -0.489 e. The van der Waals surface area contributed by atoms with Crippen molar-refractivity contribution >= 4 is 0 Å². The van der Waals surface area contributed by atoms with Crippen molar-refractivity contribution in [1.82, 2.24) is 5.32 Å². The number of rotatable bonds is 6. The largest absolute Gasteiger partial charge is 0.489 e. The van der Waals surface area contributed by atoms with Crippen LogP contribution in [0.1, 0.15) is 30.5 Å². The van der Waals surface area contributed by atoms with Crippen LogP contribution in [-0.2, 0) is 13.2 Å². The number of benzene rings is 2. The molecule has 0 amide bonds. The molecule has 0 fully saturated rings. The molecule has 0 saturated heterocycles. The zero-order valence-corrected chi connectivity index (χ0v) is 12.8. The van der Waals surface area contributed by atoms with Gasteiger partial charge >= 0.3 is 0 Å². The van der Waals surface area contributed by atoms with Crippen LogP contribution in [0.2, 0.25) is 0 Å². The summed E-state index contributed by atoms with van der Waals surface area (Å²) in [6.07, 6.45) is 0. The predicted molar refractivity (Wildman–Crippen MR) is 83.9 cm³/mol. The zero-order chi connectivity index (χ0) is 15.2. The van der Waals surface area contributed by atoms with E-state index in [0.29, 0.717) is 24.9 Å². The van der Waals surface area contributed by atoms with Gasteiger partial charge in [-0.15, -0.1) is 0 Å². The van der Waals surface area contributed by atoms with E-state index in [4.69, 9.17) is 4.74 Å². The molecule has 0 bridgehead atoms. The summed E-state index contributed by atoms with van der Waals surface area (Å²) in [4.78, 5) is 0. The molecule has 0 aliphatic carbocycles. The second-order valence-corrected chi connectivity index (χ2v) is 5.61. The Kier molecular flexibility index (Phi) is 5.34. The molecule has 1 N–H and O–H groups in total. The molecule has 0 heterocycles. The molecule has 112 valence electrons. The number of aryl methyl sites for hydroxylation is 1. The van der Waals surface area contributed by atoms with E-state index < -0.39 is 0 Å². The molecule has 2 rings (SSSR count).